The van der Waals surface area contributed by atoms with E-state index >= 15 is 0 Å². The molecule has 5 rings (SSSR count). The van der Waals surface area contributed by atoms with Gasteiger partial charge in [-0.3, -0.25) is 0 Å². The average molecular weight is 365 g/mol. The summed E-state index contributed by atoms with van der Waals surface area (Å²) >= 11 is 0. The minimum atomic E-state index is -0.605. The molecule has 1 saturated carbocycles. The number of nitrogens with one attached hydrogen (secondary N) is 1. The Labute approximate surface area is 154 Å². The number of aliphatic hydroxyl groups is 1. The van der Waals surface area contributed by atoms with Crippen LogP contribution < -0.4 is 10.1 Å². The topological polar surface area (TPSA) is 102 Å². The van der Waals surface area contributed by atoms with E-state index in [2.05, 4.69) is 25.5 Å². The summed E-state index contributed by atoms with van der Waals surface area (Å²) in [6.45, 7) is 1.83. The lowest BCUT2D eigenvalue weighted by molar-refractivity contribution is -0.0236. The van der Waals surface area contributed by atoms with Crippen molar-refractivity contribution < 1.29 is 9.84 Å². The van der Waals surface area contributed by atoms with Crippen LogP contribution in [0.25, 0.3) is 22.3 Å². The van der Waals surface area contributed by atoms with Gasteiger partial charge in [-0.25, -0.2) is 14.0 Å². The normalized spacial score (nSPS) is 22.1. The standard InChI is InChI=1S/C18H19N7O2/c1-18(26)7-12(8-18)21-17-22-16(27-2)15-13(5-6-24(15)23-17)11-3-4-14-19-10-20-25(14)9-11/h3-6,9-10,12,26H,7-8H2,1-2H3,(H,21,23). The van der Waals surface area contributed by atoms with Crippen molar-refractivity contribution in [1.29, 1.82) is 0 Å². The molecule has 4 heterocycles. The largest absolute Gasteiger partial charge is 0.479 e. The first kappa shape index (κ1) is 16.0. The summed E-state index contributed by atoms with van der Waals surface area (Å²) in [5, 5.41) is 21.9. The molecule has 0 spiro atoms. The molecule has 0 bridgehead atoms. The molecular formula is C18H19N7O2. The summed E-state index contributed by atoms with van der Waals surface area (Å²) in [6, 6.07) is 6.04. The van der Waals surface area contributed by atoms with Crippen LogP contribution in [0.5, 0.6) is 5.88 Å². The van der Waals surface area contributed by atoms with Gasteiger partial charge in [-0.05, 0) is 38.0 Å². The van der Waals surface area contributed by atoms with Crippen molar-refractivity contribution in [3.8, 4) is 17.0 Å². The van der Waals surface area contributed by atoms with Crippen LogP contribution in [0.15, 0.2) is 36.9 Å². The van der Waals surface area contributed by atoms with E-state index < -0.39 is 5.60 Å². The molecule has 0 atom stereocenters. The minimum Gasteiger partial charge on any atom is -0.479 e. The predicted molar refractivity (Wildman–Crippen MR) is 98.8 cm³/mol. The van der Waals surface area contributed by atoms with Crippen LogP contribution in [0.3, 0.4) is 0 Å². The van der Waals surface area contributed by atoms with E-state index in [4.69, 9.17) is 4.74 Å². The summed E-state index contributed by atoms with van der Waals surface area (Å²) < 4.78 is 9.02. The number of fused-ring (bicyclic) bond motifs is 2. The average Bonchev–Trinajstić information content (AvgIpc) is 3.25. The van der Waals surface area contributed by atoms with Crippen LogP contribution in [0.2, 0.25) is 0 Å². The molecule has 9 nitrogen and oxygen atoms in total. The highest BCUT2D eigenvalue weighted by Crippen LogP contribution is 2.35. The number of anilines is 1. The van der Waals surface area contributed by atoms with Crippen LogP contribution in [-0.2, 0) is 0 Å². The molecular weight excluding hydrogens is 346 g/mol. The molecule has 0 radical (unpaired) electrons. The van der Waals surface area contributed by atoms with Crippen molar-refractivity contribution in [2.24, 2.45) is 0 Å². The first-order valence-corrected chi connectivity index (χ1v) is 8.74. The van der Waals surface area contributed by atoms with Gasteiger partial charge in [-0.1, -0.05) is 0 Å². The summed E-state index contributed by atoms with van der Waals surface area (Å²) in [5.41, 5.74) is 2.87. The zero-order valence-electron chi connectivity index (χ0n) is 15.0. The molecule has 4 aromatic rings. The van der Waals surface area contributed by atoms with Crippen molar-refractivity contribution in [3.05, 3.63) is 36.9 Å². The van der Waals surface area contributed by atoms with Crippen molar-refractivity contribution in [1.82, 2.24) is 29.2 Å². The van der Waals surface area contributed by atoms with Crippen molar-refractivity contribution >= 4 is 17.1 Å². The number of hydrogen-bond donors (Lipinski definition) is 2. The van der Waals surface area contributed by atoms with Crippen LogP contribution in [-0.4, -0.2) is 53.1 Å². The van der Waals surface area contributed by atoms with E-state index in [1.165, 1.54) is 6.33 Å². The van der Waals surface area contributed by atoms with Crippen LogP contribution in [0, 0.1) is 0 Å². The number of nitrogens with zero attached hydrogens (tertiary/aromatic N) is 6. The van der Waals surface area contributed by atoms with E-state index in [-0.39, 0.29) is 6.04 Å². The number of aromatic nitrogens is 6. The number of methoxy groups -OCH3 is 1. The lowest BCUT2D eigenvalue weighted by Crippen LogP contribution is -2.48. The first-order valence-electron chi connectivity index (χ1n) is 8.74. The van der Waals surface area contributed by atoms with E-state index in [0.717, 1.165) is 22.3 Å². The second-order valence-corrected chi connectivity index (χ2v) is 7.19. The van der Waals surface area contributed by atoms with Crippen LogP contribution in [0.4, 0.5) is 5.95 Å². The molecule has 4 aromatic heterocycles. The Morgan fingerprint density at radius 1 is 1.26 bits per heavy atom. The lowest BCUT2D eigenvalue weighted by Gasteiger charge is -2.41. The Kier molecular flexibility index (Phi) is 3.35. The molecule has 2 N–H and O–H groups in total. The third-order valence-electron chi connectivity index (χ3n) is 4.96. The Morgan fingerprint density at radius 2 is 2.11 bits per heavy atom. The molecule has 0 aliphatic heterocycles. The smallest absolute Gasteiger partial charge is 0.244 e. The van der Waals surface area contributed by atoms with Crippen molar-refractivity contribution in [2.75, 3.05) is 12.4 Å². The molecule has 0 saturated heterocycles. The maximum Gasteiger partial charge on any atom is 0.244 e. The molecule has 1 fully saturated rings. The summed E-state index contributed by atoms with van der Waals surface area (Å²) in [7, 11) is 1.59. The van der Waals surface area contributed by atoms with Gasteiger partial charge in [0.05, 0.1) is 12.7 Å². The maximum absolute atomic E-state index is 9.90. The fourth-order valence-electron chi connectivity index (χ4n) is 3.69. The Balaban J connectivity index is 1.55. The third-order valence-corrected chi connectivity index (χ3v) is 4.96. The summed E-state index contributed by atoms with van der Waals surface area (Å²) in [6.07, 6.45) is 6.66. The van der Waals surface area contributed by atoms with Crippen molar-refractivity contribution in [2.45, 2.75) is 31.4 Å². The van der Waals surface area contributed by atoms with Gasteiger partial charge in [-0.15, -0.1) is 5.10 Å². The SMILES string of the molecule is COc1nc(NC2CC(C)(O)C2)nn2ccc(-c3ccc4ncnn4c3)c12. The first-order chi connectivity index (χ1) is 13.0. The van der Waals surface area contributed by atoms with E-state index in [9.17, 15) is 5.11 Å². The zero-order valence-corrected chi connectivity index (χ0v) is 15.0. The predicted octanol–water partition coefficient (Wildman–Crippen LogP) is 1.77. The number of rotatable bonds is 4. The third kappa shape index (κ3) is 2.67. The van der Waals surface area contributed by atoms with E-state index in [0.29, 0.717) is 24.7 Å². The maximum atomic E-state index is 9.90. The fraction of sp³-hybridized carbons (Fsp3) is 0.333. The van der Waals surface area contributed by atoms with Crippen molar-refractivity contribution in [3.63, 3.8) is 0 Å². The molecule has 138 valence electrons. The molecule has 1 aliphatic rings. The lowest BCUT2D eigenvalue weighted by atomic mass is 9.77. The highest BCUT2D eigenvalue weighted by Gasteiger charge is 2.38. The molecule has 1 aliphatic carbocycles. The number of hydrogen-bond acceptors (Lipinski definition) is 7. The van der Waals surface area contributed by atoms with Gasteiger partial charge in [-0.2, -0.15) is 10.1 Å². The van der Waals surface area contributed by atoms with Gasteiger partial charge in [0.15, 0.2) is 5.65 Å². The second kappa shape index (κ2) is 5.65. The summed E-state index contributed by atoms with van der Waals surface area (Å²) in [4.78, 5) is 8.69. The Bertz CT molecular complexity index is 1140. The van der Waals surface area contributed by atoms with E-state index in [1.807, 2.05) is 37.5 Å². The quantitative estimate of drug-likeness (QED) is 0.568. The van der Waals surface area contributed by atoms with Gasteiger partial charge >= 0.3 is 0 Å². The molecule has 9 heteroatoms. The monoisotopic (exact) mass is 365 g/mol. The van der Waals surface area contributed by atoms with Gasteiger partial charge in [0.1, 0.15) is 11.8 Å². The minimum absolute atomic E-state index is 0.159. The molecule has 0 aromatic carbocycles. The van der Waals surface area contributed by atoms with Crippen LogP contribution in [0.1, 0.15) is 19.8 Å². The number of ether oxygens (including phenoxy) is 1. The second-order valence-electron chi connectivity index (χ2n) is 7.19. The van der Waals surface area contributed by atoms with Crippen LogP contribution >= 0.6 is 0 Å². The van der Waals surface area contributed by atoms with Gasteiger partial charge in [0.2, 0.25) is 11.8 Å². The molecule has 0 unspecified atom stereocenters. The highest BCUT2D eigenvalue weighted by atomic mass is 16.5. The Morgan fingerprint density at radius 3 is 2.89 bits per heavy atom. The molecule has 0 amide bonds. The van der Waals surface area contributed by atoms with Gasteiger partial charge in [0.25, 0.3) is 0 Å². The summed E-state index contributed by atoms with van der Waals surface area (Å²) in [5.74, 6) is 0.964. The number of pyridine rings is 1. The van der Waals surface area contributed by atoms with Gasteiger partial charge in [0, 0.05) is 29.6 Å². The Hall–Kier alpha value is -3.20. The zero-order chi connectivity index (χ0) is 18.6. The van der Waals surface area contributed by atoms with Gasteiger partial charge < -0.3 is 15.2 Å². The molecule has 27 heavy (non-hydrogen) atoms. The highest BCUT2D eigenvalue weighted by molar-refractivity contribution is 5.84. The fourth-order valence-corrected chi connectivity index (χ4v) is 3.69. The van der Waals surface area contributed by atoms with E-state index in [1.54, 1.807) is 16.1 Å².